The Labute approximate surface area is 117 Å². The van der Waals surface area contributed by atoms with Crippen molar-refractivity contribution in [2.75, 3.05) is 0 Å². The second-order valence-corrected chi connectivity index (χ2v) is 5.19. The standard InChI is InChI=1S/C17H17FO2/c18-14-5-1-3-12(9-14)11-20-15-8-7-13-4-2-6-17(19)16(13)10-15/h1,3,5,7-10,17,19H,2,4,6,11H2. The molecule has 1 atom stereocenters. The zero-order chi connectivity index (χ0) is 13.9. The maximum absolute atomic E-state index is 13.1. The van der Waals surface area contributed by atoms with Crippen LogP contribution in [0.25, 0.3) is 0 Å². The lowest BCUT2D eigenvalue weighted by Gasteiger charge is -2.22. The van der Waals surface area contributed by atoms with Crippen molar-refractivity contribution < 1.29 is 14.2 Å². The van der Waals surface area contributed by atoms with Crippen molar-refractivity contribution in [3.8, 4) is 5.75 Å². The largest absolute Gasteiger partial charge is 0.489 e. The molecule has 2 nitrogen and oxygen atoms in total. The monoisotopic (exact) mass is 272 g/mol. The van der Waals surface area contributed by atoms with E-state index in [1.807, 2.05) is 24.3 Å². The van der Waals surface area contributed by atoms with Gasteiger partial charge in [-0.2, -0.15) is 0 Å². The summed E-state index contributed by atoms with van der Waals surface area (Å²) in [7, 11) is 0. The first-order valence-electron chi connectivity index (χ1n) is 6.90. The van der Waals surface area contributed by atoms with Crippen molar-refractivity contribution in [3.63, 3.8) is 0 Å². The molecule has 1 aliphatic rings. The highest BCUT2D eigenvalue weighted by molar-refractivity contribution is 5.38. The predicted molar refractivity (Wildman–Crippen MR) is 75.1 cm³/mol. The molecule has 0 saturated heterocycles. The van der Waals surface area contributed by atoms with Gasteiger partial charge in [0.15, 0.2) is 0 Å². The highest BCUT2D eigenvalue weighted by Gasteiger charge is 2.18. The van der Waals surface area contributed by atoms with Crippen molar-refractivity contribution in [1.82, 2.24) is 0 Å². The van der Waals surface area contributed by atoms with Gasteiger partial charge in [0.2, 0.25) is 0 Å². The van der Waals surface area contributed by atoms with Crippen LogP contribution in [0.2, 0.25) is 0 Å². The molecule has 0 aromatic heterocycles. The fourth-order valence-corrected chi connectivity index (χ4v) is 2.64. The van der Waals surface area contributed by atoms with Crippen LogP contribution in [-0.4, -0.2) is 5.11 Å². The van der Waals surface area contributed by atoms with E-state index in [4.69, 9.17) is 4.74 Å². The first-order chi connectivity index (χ1) is 9.72. The first kappa shape index (κ1) is 13.1. The molecule has 0 heterocycles. The molecule has 0 amide bonds. The van der Waals surface area contributed by atoms with Crippen LogP contribution in [0.15, 0.2) is 42.5 Å². The zero-order valence-electron chi connectivity index (χ0n) is 11.2. The third kappa shape index (κ3) is 2.83. The first-order valence-corrected chi connectivity index (χ1v) is 6.90. The lowest BCUT2D eigenvalue weighted by atomic mass is 9.89. The maximum atomic E-state index is 13.1. The van der Waals surface area contributed by atoms with Gasteiger partial charge in [0.05, 0.1) is 6.10 Å². The number of aliphatic hydroxyl groups excluding tert-OH is 1. The van der Waals surface area contributed by atoms with Gasteiger partial charge in [-0.3, -0.25) is 0 Å². The number of aryl methyl sites for hydroxylation is 1. The van der Waals surface area contributed by atoms with Crippen molar-refractivity contribution in [2.45, 2.75) is 32.0 Å². The smallest absolute Gasteiger partial charge is 0.123 e. The highest BCUT2D eigenvalue weighted by Crippen LogP contribution is 2.32. The number of aliphatic hydroxyl groups is 1. The van der Waals surface area contributed by atoms with Crippen LogP contribution >= 0.6 is 0 Å². The van der Waals surface area contributed by atoms with Crippen LogP contribution in [-0.2, 0) is 13.0 Å². The second-order valence-electron chi connectivity index (χ2n) is 5.19. The van der Waals surface area contributed by atoms with Gasteiger partial charge >= 0.3 is 0 Å². The summed E-state index contributed by atoms with van der Waals surface area (Å²) in [6, 6.07) is 12.2. The molecule has 0 radical (unpaired) electrons. The van der Waals surface area contributed by atoms with Gasteiger partial charge in [-0.25, -0.2) is 4.39 Å². The Morgan fingerprint density at radius 3 is 2.95 bits per heavy atom. The van der Waals surface area contributed by atoms with E-state index in [1.54, 1.807) is 6.07 Å². The molecule has 1 N–H and O–H groups in total. The Kier molecular flexibility index (Phi) is 3.70. The summed E-state index contributed by atoms with van der Waals surface area (Å²) in [6.07, 6.45) is 2.45. The third-order valence-corrected chi connectivity index (χ3v) is 3.69. The van der Waals surface area contributed by atoms with Crippen molar-refractivity contribution in [1.29, 1.82) is 0 Å². The van der Waals surface area contributed by atoms with Crippen LogP contribution in [0.1, 0.15) is 35.6 Å². The SMILES string of the molecule is OC1CCCc2ccc(OCc3cccc(F)c3)cc21. The lowest BCUT2D eigenvalue weighted by Crippen LogP contribution is -2.09. The summed E-state index contributed by atoms with van der Waals surface area (Å²) in [5.41, 5.74) is 2.96. The van der Waals surface area contributed by atoms with Crippen molar-refractivity contribution >= 4 is 0 Å². The third-order valence-electron chi connectivity index (χ3n) is 3.69. The predicted octanol–water partition coefficient (Wildman–Crippen LogP) is 3.77. The molecule has 2 aromatic rings. The van der Waals surface area contributed by atoms with Gasteiger partial charge in [0.1, 0.15) is 18.2 Å². The number of ether oxygens (including phenoxy) is 1. The van der Waals surface area contributed by atoms with Crippen LogP contribution in [0.4, 0.5) is 4.39 Å². The van der Waals surface area contributed by atoms with Gasteiger partial charge in [-0.15, -0.1) is 0 Å². The summed E-state index contributed by atoms with van der Waals surface area (Å²) < 4.78 is 18.8. The van der Waals surface area contributed by atoms with Gasteiger partial charge in [0.25, 0.3) is 0 Å². The van der Waals surface area contributed by atoms with Crippen LogP contribution < -0.4 is 4.74 Å². The number of benzene rings is 2. The summed E-state index contributed by atoms with van der Waals surface area (Å²) in [4.78, 5) is 0. The van der Waals surface area contributed by atoms with E-state index in [9.17, 15) is 9.50 Å². The second kappa shape index (κ2) is 5.63. The van der Waals surface area contributed by atoms with Gasteiger partial charge in [-0.05, 0) is 60.2 Å². The van der Waals surface area contributed by atoms with Crippen LogP contribution in [0, 0.1) is 5.82 Å². The molecule has 0 bridgehead atoms. The van der Waals surface area contributed by atoms with E-state index >= 15 is 0 Å². The van der Waals surface area contributed by atoms with Crippen molar-refractivity contribution in [2.24, 2.45) is 0 Å². The Morgan fingerprint density at radius 2 is 2.10 bits per heavy atom. The number of hydrogen-bond acceptors (Lipinski definition) is 2. The molecule has 2 aromatic carbocycles. The fourth-order valence-electron chi connectivity index (χ4n) is 2.64. The number of hydrogen-bond donors (Lipinski definition) is 1. The summed E-state index contributed by atoms with van der Waals surface area (Å²) in [5, 5.41) is 10.0. The van der Waals surface area contributed by atoms with Crippen molar-refractivity contribution in [3.05, 3.63) is 65.0 Å². The Balaban J connectivity index is 1.73. The number of halogens is 1. The average Bonchev–Trinajstić information content (AvgIpc) is 2.46. The average molecular weight is 272 g/mol. The molecule has 0 saturated carbocycles. The normalized spacial score (nSPS) is 17.6. The fraction of sp³-hybridized carbons (Fsp3) is 0.294. The van der Waals surface area contributed by atoms with E-state index in [1.165, 1.54) is 17.7 Å². The van der Waals surface area contributed by atoms with E-state index < -0.39 is 6.10 Å². The van der Waals surface area contributed by atoms with E-state index in [0.717, 1.165) is 30.4 Å². The minimum Gasteiger partial charge on any atom is -0.489 e. The number of rotatable bonds is 3. The topological polar surface area (TPSA) is 29.5 Å². The highest BCUT2D eigenvalue weighted by atomic mass is 19.1. The molecule has 0 fully saturated rings. The molecule has 1 unspecified atom stereocenters. The minimum atomic E-state index is -0.392. The molecule has 104 valence electrons. The quantitative estimate of drug-likeness (QED) is 0.921. The lowest BCUT2D eigenvalue weighted by molar-refractivity contribution is 0.156. The summed E-state index contributed by atoms with van der Waals surface area (Å²) >= 11 is 0. The Hall–Kier alpha value is -1.87. The van der Waals surface area contributed by atoms with Crippen LogP contribution in [0.5, 0.6) is 5.75 Å². The Bertz CT molecular complexity index is 610. The zero-order valence-corrected chi connectivity index (χ0v) is 11.2. The van der Waals surface area contributed by atoms with Crippen LogP contribution in [0.3, 0.4) is 0 Å². The minimum absolute atomic E-state index is 0.257. The van der Waals surface area contributed by atoms with E-state index in [2.05, 4.69) is 0 Å². The van der Waals surface area contributed by atoms with Gasteiger partial charge in [0, 0.05) is 0 Å². The molecule has 0 spiro atoms. The molecule has 3 rings (SSSR count). The van der Waals surface area contributed by atoms with Gasteiger partial charge < -0.3 is 9.84 Å². The molecule has 0 aliphatic heterocycles. The molecular weight excluding hydrogens is 255 g/mol. The van der Waals surface area contributed by atoms with E-state index in [0.29, 0.717) is 12.4 Å². The summed E-state index contributed by atoms with van der Waals surface area (Å²) in [5.74, 6) is 0.459. The molecular formula is C17H17FO2. The molecule has 20 heavy (non-hydrogen) atoms. The number of fused-ring (bicyclic) bond motifs is 1. The van der Waals surface area contributed by atoms with E-state index in [-0.39, 0.29) is 5.82 Å². The Morgan fingerprint density at radius 1 is 1.20 bits per heavy atom. The maximum Gasteiger partial charge on any atom is 0.123 e. The summed E-state index contributed by atoms with van der Waals surface area (Å²) in [6.45, 7) is 0.326. The van der Waals surface area contributed by atoms with Gasteiger partial charge in [-0.1, -0.05) is 18.2 Å². The molecule has 1 aliphatic carbocycles. The molecule has 3 heteroatoms.